The molecule has 2 aromatic carbocycles. The highest BCUT2D eigenvalue weighted by Gasteiger charge is 2.15. The van der Waals surface area contributed by atoms with Crippen molar-refractivity contribution < 1.29 is 5.11 Å². The second kappa shape index (κ2) is 6.86. The molecular weight excluding hydrogens is 310 g/mol. The van der Waals surface area contributed by atoms with E-state index in [1.807, 2.05) is 60.3 Å². The van der Waals surface area contributed by atoms with Crippen LogP contribution in [0.5, 0.6) is 0 Å². The Labute approximate surface area is 140 Å². The lowest BCUT2D eigenvalue weighted by Crippen LogP contribution is -2.09. The van der Waals surface area contributed by atoms with Gasteiger partial charge in [-0.3, -0.25) is 0 Å². The largest absolute Gasteiger partial charge is 0.384 e. The molecule has 0 bridgehead atoms. The van der Waals surface area contributed by atoms with Gasteiger partial charge in [0, 0.05) is 35.7 Å². The van der Waals surface area contributed by atoms with Crippen LogP contribution < -0.4 is 5.32 Å². The maximum absolute atomic E-state index is 10.7. The molecule has 4 nitrogen and oxygen atoms in total. The van der Waals surface area contributed by atoms with E-state index in [0.717, 1.165) is 22.6 Å². The maximum atomic E-state index is 10.7. The predicted molar refractivity (Wildman–Crippen MR) is 92.5 cm³/mol. The third-order valence-electron chi connectivity index (χ3n) is 3.78. The van der Waals surface area contributed by atoms with Gasteiger partial charge >= 0.3 is 0 Å². The normalized spacial score (nSPS) is 12.1. The minimum Gasteiger partial charge on any atom is -0.384 e. The van der Waals surface area contributed by atoms with E-state index in [9.17, 15) is 5.11 Å². The summed E-state index contributed by atoms with van der Waals surface area (Å²) in [5.41, 5.74) is 2.42. The Morgan fingerprint density at radius 1 is 1.22 bits per heavy atom. The van der Waals surface area contributed by atoms with Crippen molar-refractivity contribution in [3.8, 4) is 0 Å². The van der Waals surface area contributed by atoms with Crippen LogP contribution in [0.2, 0.25) is 5.02 Å². The molecule has 0 saturated carbocycles. The van der Waals surface area contributed by atoms with Crippen molar-refractivity contribution in [1.82, 2.24) is 9.55 Å². The third-order valence-corrected chi connectivity index (χ3v) is 4.02. The van der Waals surface area contributed by atoms with Crippen molar-refractivity contribution in [2.75, 3.05) is 5.32 Å². The molecule has 1 heterocycles. The molecule has 0 saturated heterocycles. The number of nitrogens with zero attached hydrogens (tertiary/aromatic N) is 2. The number of rotatable bonds is 5. The second-order valence-electron chi connectivity index (χ2n) is 5.35. The van der Waals surface area contributed by atoms with Gasteiger partial charge in [0.25, 0.3) is 0 Å². The minimum absolute atomic E-state index is 0.569. The number of aryl methyl sites for hydroxylation is 1. The molecular formula is C18H18ClN3O. The van der Waals surface area contributed by atoms with Crippen molar-refractivity contribution in [2.45, 2.75) is 12.6 Å². The van der Waals surface area contributed by atoms with Gasteiger partial charge in [-0.15, -0.1) is 0 Å². The summed E-state index contributed by atoms with van der Waals surface area (Å²) in [5.74, 6) is 0.917. The van der Waals surface area contributed by atoms with Crippen LogP contribution in [-0.2, 0) is 13.6 Å². The zero-order valence-corrected chi connectivity index (χ0v) is 13.5. The number of benzene rings is 2. The zero-order chi connectivity index (χ0) is 16.2. The average Bonchev–Trinajstić information content (AvgIpc) is 2.99. The van der Waals surface area contributed by atoms with Gasteiger partial charge in [-0.25, -0.2) is 4.98 Å². The first kappa shape index (κ1) is 15.6. The summed E-state index contributed by atoms with van der Waals surface area (Å²) in [4.78, 5) is 4.29. The van der Waals surface area contributed by atoms with Gasteiger partial charge in [-0.05, 0) is 23.8 Å². The van der Waals surface area contributed by atoms with Crippen LogP contribution in [0.4, 0.5) is 5.69 Å². The standard InChI is InChI=1S/C18H18ClN3O/c1-22-10-9-20-17(22)12-21-16-8-7-14(19)11-15(16)18(23)13-5-3-2-4-6-13/h2-11,18,21,23H,12H2,1H3/t18-/m0/s1. The molecule has 118 valence electrons. The fourth-order valence-corrected chi connectivity index (χ4v) is 2.66. The lowest BCUT2D eigenvalue weighted by atomic mass is 10.00. The number of imidazole rings is 1. The molecule has 0 aliphatic carbocycles. The lowest BCUT2D eigenvalue weighted by molar-refractivity contribution is 0.221. The number of aliphatic hydroxyl groups excluding tert-OH is 1. The summed E-state index contributed by atoms with van der Waals surface area (Å²) >= 11 is 6.12. The van der Waals surface area contributed by atoms with Gasteiger partial charge in [0.1, 0.15) is 11.9 Å². The molecule has 0 unspecified atom stereocenters. The molecule has 0 amide bonds. The molecule has 0 aliphatic heterocycles. The van der Waals surface area contributed by atoms with Crippen molar-refractivity contribution in [1.29, 1.82) is 0 Å². The Balaban J connectivity index is 1.87. The Morgan fingerprint density at radius 3 is 2.70 bits per heavy atom. The van der Waals surface area contributed by atoms with Gasteiger partial charge in [0.15, 0.2) is 0 Å². The van der Waals surface area contributed by atoms with E-state index in [0.29, 0.717) is 11.6 Å². The molecule has 5 heteroatoms. The van der Waals surface area contributed by atoms with Gasteiger partial charge in [0.05, 0.1) is 6.54 Å². The van der Waals surface area contributed by atoms with E-state index in [1.54, 1.807) is 12.3 Å². The van der Waals surface area contributed by atoms with Crippen molar-refractivity contribution in [3.63, 3.8) is 0 Å². The van der Waals surface area contributed by atoms with Crippen LogP contribution in [0.15, 0.2) is 60.9 Å². The maximum Gasteiger partial charge on any atom is 0.127 e. The second-order valence-corrected chi connectivity index (χ2v) is 5.79. The van der Waals surface area contributed by atoms with E-state index >= 15 is 0 Å². The van der Waals surface area contributed by atoms with E-state index in [4.69, 9.17) is 11.6 Å². The molecule has 0 fully saturated rings. The predicted octanol–water partition coefficient (Wildman–Crippen LogP) is 3.77. The summed E-state index contributed by atoms with van der Waals surface area (Å²) in [5, 5.41) is 14.6. The SMILES string of the molecule is Cn1ccnc1CNc1ccc(Cl)cc1[C@@H](O)c1ccccc1. The van der Waals surface area contributed by atoms with Crippen molar-refractivity contribution in [2.24, 2.45) is 7.05 Å². The first-order valence-corrected chi connectivity index (χ1v) is 7.75. The minimum atomic E-state index is -0.737. The number of aliphatic hydroxyl groups is 1. The highest BCUT2D eigenvalue weighted by atomic mass is 35.5. The number of halogens is 1. The average molecular weight is 328 g/mol. The van der Waals surface area contributed by atoms with Gasteiger partial charge in [-0.1, -0.05) is 41.9 Å². The van der Waals surface area contributed by atoms with E-state index in [2.05, 4.69) is 10.3 Å². The molecule has 2 N–H and O–H groups in total. The van der Waals surface area contributed by atoms with Crippen LogP contribution in [0.3, 0.4) is 0 Å². The van der Waals surface area contributed by atoms with E-state index in [1.165, 1.54) is 0 Å². The van der Waals surface area contributed by atoms with Crippen LogP contribution in [0, 0.1) is 0 Å². The summed E-state index contributed by atoms with van der Waals surface area (Å²) in [6, 6.07) is 15.0. The zero-order valence-electron chi connectivity index (χ0n) is 12.8. The first-order valence-electron chi connectivity index (χ1n) is 7.37. The topological polar surface area (TPSA) is 50.1 Å². The fraction of sp³-hybridized carbons (Fsp3) is 0.167. The van der Waals surface area contributed by atoms with Crippen LogP contribution >= 0.6 is 11.6 Å². The van der Waals surface area contributed by atoms with E-state index < -0.39 is 6.10 Å². The highest BCUT2D eigenvalue weighted by Crippen LogP contribution is 2.31. The molecule has 1 atom stereocenters. The smallest absolute Gasteiger partial charge is 0.127 e. The number of nitrogens with one attached hydrogen (secondary N) is 1. The third kappa shape index (κ3) is 3.55. The summed E-state index contributed by atoms with van der Waals surface area (Å²) in [6.45, 7) is 0.569. The molecule has 0 radical (unpaired) electrons. The Kier molecular flexibility index (Phi) is 4.65. The quantitative estimate of drug-likeness (QED) is 0.750. The van der Waals surface area contributed by atoms with Crippen molar-refractivity contribution in [3.05, 3.63) is 82.9 Å². The lowest BCUT2D eigenvalue weighted by Gasteiger charge is -2.17. The monoisotopic (exact) mass is 327 g/mol. The van der Waals surface area contributed by atoms with Crippen LogP contribution in [0.25, 0.3) is 0 Å². The van der Waals surface area contributed by atoms with Gasteiger partial charge in [-0.2, -0.15) is 0 Å². The molecule has 3 aromatic rings. The highest BCUT2D eigenvalue weighted by molar-refractivity contribution is 6.30. The number of anilines is 1. The summed E-state index contributed by atoms with van der Waals surface area (Å²) in [7, 11) is 1.95. The molecule has 3 rings (SSSR count). The number of hydrogen-bond donors (Lipinski definition) is 2. The van der Waals surface area contributed by atoms with Gasteiger partial charge < -0.3 is 15.0 Å². The molecule has 23 heavy (non-hydrogen) atoms. The Hall–Kier alpha value is -2.30. The summed E-state index contributed by atoms with van der Waals surface area (Å²) in [6.07, 6.45) is 2.93. The summed E-state index contributed by atoms with van der Waals surface area (Å²) < 4.78 is 1.95. The van der Waals surface area contributed by atoms with Crippen molar-refractivity contribution >= 4 is 17.3 Å². The van der Waals surface area contributed by atoms with Gasteiger partial charge in [0.2, 0.25) is 0 Å². The number of hydrogen-bond acceptors (Lipinski definition) is 3. The molecule has 0 spiro atoms. The molecule has 1 aromatic heterocycles. The molecule has 0 aliphatic rings. The number of aromatic nitrogens is 2. The van der Waals surface area contributed by atoms with Crippen LogP contribution in [0.1, 0.15) is 23.1 Å². The van der Waals surface area contributed by atoms with Crippen LogP contribution in [-0.4, -0.2) is 14.7 Å². The fourth-order valence-electron chi connectivity index (χ4n) is 2.48. The first-order chi connectivity index (χ1) is 11.1. The Bertz CT molecular complexity index is 786. The Morgan fingerprint density at radius 2 is 2.00 bits per heavy atom. The van der Waals surface area contributed by atoms with E-state index in [-0.39, 0.29) is 0 Å².